The van der Waals surface area contributed by atoms with Crippen molar-refractivity contribution in [2.45, 2.75) is 20.0 Å². The lowest BCUT2D eigenvalue weighted by molar-refractivity contribution is 0.169. The topological polar surface area (TPSA) is 86.4 Å². The predicted molar refractivity (Wildman–Crippen MR) is 103 cm³/mol. The number of hydrogen-bond acceptors (Lipinski definition) is 6. The summed E-state index contributed by atoms with van der Waals surface area (Å²) in [6.07, 6.45) is 1.61. The summed E-state index contributed by atoms with van der Waals surface area (Å²) in [6, 6.07) is 7.36. The first-order valence-corrected chi connectivity index (χ1v) is 9.21. The van der Waals surface area contributed by atoms with E-state index in [1.54, 1.807) is 19.4 Å². The standard InChI is InChI=1S/C19H27N5O3/c1-3-20-19(21-13-15-5-4-6-17(26-2)18(15)25)24-10-8-23(9-11-24)14-16-7-12-27-22-16/h4-7,12,25H,3,8-11,13-14H2,1-2H3,(H,20,21). The Hall–Kier alpha value is -2.74. The molecule has 2 heterocycles. The summed E-state index contributed by atoms with van der Waals surface area (Å²) in [4.78, 5) is 9.32. The largest absolute Gasteiger partial charge is 0.504 e. The van der Waals surface area contributed by atoms with E-state index >= 15 is 0 Å². The fourth-order valence-electron chi connectivity index (χ4n) is 3.11. The fraction of sp³-hybridized carbons (Fsp3) is 0.474. The second-order valence-electron chi connectivity index (χ2n) is 6.39. The smallest absolute Gasteiger partial charge is 0.194 e. The first-order chi connectivity index (χ1) is 13.2. The number of phenols is 1. The summed E-state index contributed by atoms with van der Waals surface area (Å²) in [7, 11) is 1.55. The van der Waals surface area contributed by atoms with Gasteiger partial charge in [0.2, 0.25) is 0 Å². The molecule has 1 aromatic carbocycles. The minimum atomic E-state index is 0.150. The summed E-state index contributed by atoms with van der Waals surface area (Å²) < 4.78 is 10.1. The van der Waals surface area contributed by atoms with E-state index in [1.165, 1.54) is 0 Å². The number of piperazine rings is 1. The van der Waals surface area contributed by atoms with E-state index in [-0.39, 0.29) is 5.75 Å². The Balaban J connectivity index is 1.61. The van der Waals surface area contributed by atoms with Gasteiger partial charge < -0.3 is 24.6 Å². The molecule has 1 aliphatic heterocycles. The van der Waals surface area contributed by atoms with Crippen LogP contribution in [0.5, 0.6) is 11.5 Å². The molecule has 0 bridgehead atoms. The molecular formula is C19H27N5O3. The molecule has 0 spiro atoms. The summed E-state index contributed by atoms with van der Waals surface area (Å²) in [5, 5.41) is 17.6. The van der Waals surface area contributed by atoms with Gasteiger partial charge in [-0.1, -0.05) is 17.3 Å². The van der Waals surface area contributed by atoms with E-state index in [9.17, 15) is 5.11 Å². The summed E-state index contributed by atoms with van der Waals surface area (Å²) in [5.41, 5.74) is 1.70. The highest BCUT2D eigenvalue weighted by atomic mass is 16.5. The monoisotopic (exact) mass is 373 g/mol. The van der Waals surface area contributed by atoms with Crippen LogP contribution in [0.25, 0.3) is 0 Å². The molecule has 27 heavy (non-hydrogen) atoms. The Morgan fingerprint density at radius 3 is 2.78 bits per heavy atom. The van der Waals surface area contributed by atoms with Crippen LogP contribution in [-0.4, -0.2) is 65.9 Å². The zero-order valence-corrected chi connectivity index (χ0v) is 15.9. The van der Waals surface area contributed by atoms with Crippen LogP contribution in [0.15, 0.2) is 40.0 Å². The Bertz CT molecular complexity index is 740. The van der Waals surface area contributed by atoms with Gasteiger partial charge in [-0.15, -0.1) is 0 Å². The maximum Gasteiger partial charge on any atom is 0.194 e. The molecule has 0 aliphatic carbocycles. The highest BCUT2D eigenvalue weighted by molar-refractivity contribution is 5.80. The second-order valence-corrected chi connectivity index (χ2v) is 6.39. The average molecular weight is 373 g/mol. The lowest BCUT2D eigenvalue weighted by Crippen LogP contribution is -2.52. The van der Waals surface area contributed by atoms with Crippen molar-refractivity contribution in [3.63, 3.8) is 0 Å². The molecular weight excluding hydrogens is 346 g/mol. The van der Waals surface area contributed by atoms with Gasteiger partial charge in [-0.2, -0.15) is 0 Å². The van der Waals surface area contributed by atoms with Crippen LogP contribution in [0.3, 0.4) is 0 Å². The molecule has 1 saturated heterocycles. The van der Waals surface area contributed by atoms with Crippen molar-refractivity contribution in [3.8, 4) is 11.5 Å². The van der Waals surface area contributed by atoms with Crippen LogP contribution in [-0.2, 0) is 13.1 Å². The number of phenolic OH excluding ortho intramolecular Hbond substituents is 1. The van der Waals surface area contributed by atoms with Crippen molar-refractivity contribution in [2.24, 2.45) is 4.99 Å². The quantitative estimate of drug-likeness (QED) is 0.588. The van der Waals surface area contributed by atoms with Gasteiger partial charge >= 0.3 is 0 Å². The van der Waals surface area contributed by atoms with E-state index < -0.39 is 0 Å². The van der Waals surface area contributed by atoms with Crippen LogP contribution in [0.1, 0.15) is 18.2 Å². The van der Waals surface area contributed by atoms with Crippen LogP contribution < -0.4 is 10.1 Å². The molecule has 0 atom stereocenters. The number of ether oxygens (including phenoxy) is 1. The lowest BCUT2D eigenvalue weighted by atomic mass is 10.2. The molecule has 1 aliphatic rings. The van der Waals surface area contributed by atoms with Crippen molar-refractivity contribution < 1.29 is 14.4 Å². The first kappa shape index (κ1) is 19.0. The Labute approximate surface area is 159 Å². The number of para-hydroxylation sites is 1. The molecule has 0 amide bonds. The zero-order valence-electron chi connectivity index (χ0n) is 15.9. The summed E-state index contributed by atoms with van der Waals surface area (Å²) in [6.45, 7) is 7.67. The fourth-order valence-corrected chi connectivity index (χ4v) is 3.11. The number of aromatic nitrogens is 1. The number of aliphatic imine (C=N–C) groups is 1. The number of rotatable bonds is 6. The lowest BCUT2D eigenvalue weighted by Gasteiger charge is -2.36. The highest BCUT2D eigenvalue weighted by Gasteiger charge is 2.20. The highest BCUT2D eigenvalue weighted by Crippen LogP contribution is 2.29. The van der Waals surface area contributed by atoms with Crippen LogP contribution in [0, 0.1) is 0 Å². The maximum absolute atomic E-state index is 10.3. The molecule has 0 saturated carbocycles. The van der Waals surface area contributed by atoms with Gasteiger partial charge in [0.25, 0.3) is 0 Å². The van der Waals surface area contributed by atoms with Crippen LogP contribution in [0.4, 0.5) is 0 Å². The van der Waals surface area contributed by atoms with Gasteiger partial charge in [-0.3, -0.25) is 4.90 Å². The first-order valence-electron chi connectivity index (χ1n) is 9.21. The Kier molecular flexibility index (Phi) is 6.54. The summed E-state index contributed by atoms with van der Waals surface area (Å²) in [5.74, 6) is 1.48. The van der Waals surface area contributed by atoms with E-state index in [1.807, 2.05) is 18.2 Å². The third-order valence-electron chi connectivity index (χ3n) is 4.59. The Morgan fingerprint density at radius 1 is 1.30 bits per heavy atom. The zero-order chi connectivity index (χ0) is 19.1. The van der Waals surface area contributed by atoms with Gasteiger partial charge in [0, 0.05) is 50.9 Å². The van der Waals surface area contributed by atoms with E-state index in [4.69, 9.17) is 14.3 Å². The second kappa shape index (κ2) is 9.27. The molecule has 146 valence electrons. The summed E-state index contributed by atoms with van der Waals surface area (Å²) >= 11 is 0. The SMILES string of the molecule is CCNC(=NCc1cccc(OC)c1O)N1CCN(Cc2ccon2)CC1. The van der Waals surface area contributed by atoms with Crippen molar-refractivity contribution in [2.75, 3.05) is 39.8 Å². The normalized spacial score (nSPS) is 15.8. The molecule has 2 N–H and O–H groups in total. The third-order valence-corrected chi connectivity index (χ3v) is 4.59. The van der Waals surface area contributed by atoms with Crippen LogP contribution >= 0.6 is 0 Å². The predicted octanol–water partition coefficient (Wildman–Crippen LogP) is 1.67. The van der Waals surface area contributed by atoms with Gasteiger partial charge in [0.15, 0.2) is 17.5 Å². The van der Waals surface area contributed by atoms with E-state index in [0.29, 0.717) is 12.3 Å². The van der Waals surface area contributed by atoms with Gasteiger partial charge in [0.1, 0.15) is 6.26 Å². The minimum absolute atomic E-state index is 0.150. The number of hydrogen-bond donors (Lipinski definition) is 2. The number of guanidine groups is 1. The van der Waals surface area contributed by atoms with Crippen molar-refractivity contribution in [1.29, 1.82) is 0 Å². The van der Waals surface area contributed by atoms with Gasteiger partial charge in [0.05, 0.1) is 19.3 Å². The molecule has 8 heteroatoms. The van der Waals surface area contributed by atoms with Crippen molar-refractivity contribution in [1.82, 2.24) is 20.3 Å². The van der Waals surface area contributed by atoms with E-state index in [2.05, 4.69) is 27.2 Å². The molecule has 2 aromatic rings. The average Bonchev–Trinajstić information content (AvgIpc) is 3.20. The third kappa shape index (κ3) is 4.91. The van der Waals surface area contributed by atoms with Gasteiger partial charge in [-0.05, 0) is 13.0 Å². The van der Waals surface area contributed by atoms with Crippen molar-refractivity contribution >= 4 is 5.96 Å². The molecule has 3 rings (SSSR count). The Morgan fingerprint density at radius 2 is 2.11 bits per heavy atom. The molecule has 8 nitrogen and oxygen atoms in total. The minimum Gasteiger partial charge on any atom is -0.504 e. The van der Waals surface area contributed by atoms with Gasteiger partial charge in [-0.25, -0.2) is 4.99 Å². The molecule has 0 unspecified atom stereocenters. The van der Waals surface area contributed by atoms with Crippen LogP contribution in [0.2, 0.25) is 0 Å². The molecule has 0 radical (unpaired) electrons. The number of nitrogens with zero attached hydrogens (tertiary/aromatic N) is 4. The maximum atomic E-state index is 10.3. The van der Waals surface area contributed by atoms with Crippen molar-refractivity contribution in [3.05, 3.63) is 41.8 Å². The number of benzene rings is 1. The number of aromatic hydroxyl groups is 1. The number of nitrogens with one attached hydrogen (secondary N) is 1. The molecule has 1 fully saturated rings. The number of methoxy groups -OCH3 is 1. The van der Waals surface area contributed by atoms with E-state index in [0.717, 1.165) is 56.5 Å². The molecule has 1 aromatic heterocycles.